The number of aliphatic hydroxyl groups excluding tert-OH is 1. The number of hydrogen-bond acceptors (Lipinski definition) is 3. The van der Waals surface area contributed by atoms with Crippen molar-refractivity contribution in [3.8, 4) is 0 Å². The lowest BCUT2D eigenvalue weighted by Gasteiger charge is -2.36. The standard InChI is InChI=1S/C12H25NO2/c1-2-9-15-10-8-13-12(11-14)6-4-3-5-7-12/h13-14H,2-11H2,1H3. The summed E-state index contributed by atoms with van der Waals surface area (Å²) < 4.78 is 5.42. The molecule has 0 spiro atoms. The first kappa shape index (κ1) is 12.9. The van der Waals surface area contributed by atoms with E-state index in [1.54, 1.807) is 0 Å². The van der Waals surface area contributed by atoms with Crippen molar-refractivity contribution in [1.29, 1.82) is 0 Å². The van der Waals surface area contributed by atoms with Crippen LogP contribution in [0.2, 0.25) is 0 Å². The summed E-state index contributed by atoms with van der Waals surface area (Å²) in [5, 5.41) is 12.9. The number of ether oxygens (including phenoxy) is 1. The van der Waals surface area contributed by atoms with Crippen LogP contribution in [0.5, 0.6) is 0 Å². The molecule has 90 valence electrons. The Morgan fingerprint density at radius 1 is 1.20 bits per heavy atom. The fourth-order valence-corrected chi connectivity index (χ4v) is 2.25. The summed E-state index contributed by atoms with van der Waals surface area (Å²) >= 11 is 0. The fourth-order valence-electron chi connectivity index (χ4n) is 2.25. The second-order valence-corrected chi connectivity index (χ2v) is 4.54. The van der Waals surface area contributed by atoms with E-state index in [-0.39, 0.29) is 12.1 Å². The van der Waals surface area contributed by atoms with E-state index >= 15 is 0 Å². The molecule has 15 heavy (non-hydrogen) atoms. The van der Waals surface area contributed by atoms with Crippen LogP contribution < -0.4 is 5.32 Å². The van der Waals surface area contributed by atoms with Crippen LogP contribution in [0.25, 0.3) is 0 Å². The van der Waals surface area contributed by atoms with Crippen LogP contribution >= 0.6 is 0 Å². The van der Waals surface area contributed by atoms with Crippen LogP contribution in [0.3, 0.4) is 0 Å². The lowest BCUT2D eigenvalue weighted by molar-refractivity contribution is 0.0932. The second-order valence-electron chi connectivity index (χ2n) is 4.54. The third kappa shape index (κ3) is 4.49. The second kappa shape index (κ2) is 7.20. The Balaban J connectivity index is 2.15. The van der Waals surface area contributed by atoms with Crippen molar-refractivity contribution in [3.05, 3.63) is 0 Å². The molecular weight excluding hydrogens is 190 g/mol. The Kier molecular flexibility index (Phi) is 6.22. The molecule has 0 aliphatic heterocycles. The molecule has 2 N–H and O–H groups in total. The minimum Gasteiger partial charge on any atom is -0.394 e. The Hall–Kier alpha value is -0.120. The van der Waals surface area contributed by atoms with Gasteiger partial charge in [-0.05, 0) is 19.3 Å². The zero-order chi connectivity index (χ0) is 11.0. The van der Waals surface area contributed by atoms with Gasteiger partial charge in [-0.1, -0.05) is 26.2 Å². The number of aliphatic hydroxyl groups is 1. The predicted molar refractivity (Wildman–Crippen MR) is 62.0 cm³/mol. The van der Waals surface area contributed by atoms with Crippen LogP contribution in [0.1, 0.15) is 45.4 Å². The highest BCUT2D eigenvalue weighted by Crippen LogP contribution is 2.27. The molecule has 0 heterocycles. The smallest absolute Gasteiger partial charge is 0.0613 e. The summed E-state index contributed by atoms with van der Waals surface area (Å²) in [7, 11) is 0. The number of rotatable bonds is 7. The van der Waals surface area contributed by atoms with Gasteiger partial charge in [0.25, 0.3) is 0 Å². The Morgan fingerprint density at radius 3 is 2.53 bits per heavy atom. The molecule has 1 rings (SSSR count). The van der Waals surface area contributed by atoms with Crippen molar-refractivity contribution >= 4 is 0 Å². The van der Waals surface area contributed by atoms with E-state index in [4.69, 9.17) is 4.74 Å². The summed E-state index contributed by atoms with van der Waals surface area (Å²) in [5.74, 6) is 0. The van der Waals surface area contributed by atoms with Gasteiger partial charge in [0.2, 0.25) is 0 Å². The van der Waals surface area contributed by atoms with Gasteiger partial charge in [-0.25, -0.2) is 0 Å². The molecule has 1 fully saturated rings. The van der Waals surface area contributed by atoms with Crippen molar-refractivity contribution in [2.45, 2.75) is 51.0 Å². The average Bonchev–Trinajstić information content (AvgIpc) is 2.30. The molecule has 0 amide bonds. The Bertz CT molecular complexity index is 156. The van der Waals surface area contributed by atoms with E-state index in [1.165, 1.54) is 19.3 Å². The fraction of sp³-hybridized carbons (Fsp3) is 1.00. The van der Waals surface area contributed by atoms with Crippen molar-refractivity contribution in [1.82, 2.24) is 5.32 Å². The first-order valence-corrected chi connectivity index (χ1v) is 6.26. The van der Waals surface area contributed by atoms with Gasteiger partial charge >= 0.3 is 0 Å². The van der Waals surface area contributed by atoms with Crippen molar-refractivity contribution in [3.63, 3.8) is 0 Å². The molecule has 0 aromatic carbocycles. The maximum Gasteiger partial charge on any atom is 0.0613 e. The van der Waals surface area contributed by atoms with Crippen LogP contribution in [0.4, 0.5) is 0 Å². The van der Waals surface area contributed by atoms with E-state index in [9.17, 15) is 5.11 Å². The third-order valence-corrected chi connectivity index (χ3v) is 3.21. The van der Waals surface area contributed by atoms with E-state index in [0.29, 0.717) is 0 Å². The first-order valence-electron chi connectivity index (χ1n) is 6.26. The highest BCUT2D eigenvalue weighted by atomic mass is 16.5. The molecule has 0 aromatic heterocycles. The number of hydrogen-bond donors (Lipinski definition) is 2. The minimum atomic E-state index is -0.00613. The minimum absolute atomic E-state index is 0.00613. The first-order chi connectivity index (χ1) is 7.33. The van der Waals surface area contributed by atoms with Gasteiger partial charge in [-0.15, -0.1) is 0 Å². The van der Waals surface area contributed by atoms with Gasteiger partial charge in [-0.3, -0.25) is 0 Å². The molecular formula is C12H25NO2. The van der Waals surface area contributed by atoms with Crippen molar-refractivity contribution in [2.75, 3.05) is 26.4 Å². The molecule has 3 heteroatoms. The summed E-state index contributed by atoms with van der Waals surface area (Å²) in [4.78, 5) is 0. The van der Waals surface area contributed by atoms with Crippen molar-refractivity contribution < 1.29 is 9.84 Å². The Morgan fingerprint density at radius 2 is 1.93 bits per heavy atom. The number of nitrogens with one attached hydrogen (secondary N) is 1. The summed E-state index contributed by atoms with van der Waals surface area (Å²) in [6, 6.07) is 0. The van der Waals surface area contributed by atoms with Crippen LogP contribution in [-0.4, -0.2) is 37.0 Å². The monoisotopic (exact) mass is 215 g/mol. The lowest BCUT2D eigenvalue weighted by Crippen LogP contribution is -2.50. The largest absolute Gasteiger partial charge is 0.394 e. The highest BCUT2D eigenvalue weighted by molar-refractivity contribution is 4.89. The molecule has 0 radical (unpaired) electrons. The highest BCUT2D eigenvalue weighted by Gasteiger charge is 2.30. The molecule has 0 bridgehead atoms. The molecule has 1 aliphatic rings. The molecule has 0 aromatic rings. The molecule has 1 aliphatic carbocycles. The SMILES string of the molecule is CCCOCCNC1(CO)CCCCC1. The van der Waals surface area contributed by atoms with Crippen LogP contribution in [0, 0.1) is 0 Å². The van der Waals surface area contributed by atoms with Gasteiger partial charge in [0.05, 0.1) is 13.2 Å². The Labute approximate surface area is 93.2 Å². The zero-order valence-electron chi connectivity index (χ0n) is 9.93. The average molecular weight is 215 g/mol. The van der Waals surface area contributed by atoms with E-state index in [1.807, 2.05) is 0 Å². The predicted octanol–water partition coefficient (Wildman–Crippen LogP) is 1.70. The van der Waals surface area contributed by atoms with Crippen LogP contribution in [0.15, 0.2) is 0 Å². The molecule has 1 saturated carbocycles. The maximum atomic E-state index is 9.44. The van der Waals surface area contributed by atoms with E-state index in [2.05, 4.69) is 12.2 Å². The maximum absolute atomic E-state index is 9.44. The summed E-state index contributed by atoms with van der Waals surface area (Å²) in [6.45, 7) is 4.84. The summed E-state index contributed by atoms with van der Waals surface area (Å²) in [5.41, 5.74) is -0.00613. The zero-order valence-corrected chi connectivity index (χ0v) is 9.93. The van der Waals surface area contributed by atoms with Gasteiger partial charge in [0.1, 0.15) is 0 Å². The van der Waals surface area contributed by atoms with Gasteiger partial charge in [0, 0.05) is 18.7 Å². The van der Waals surface area contributed by atoms with Gasteiger partial charge in [-0.2, -0.15) is 0 Å². The summed E-state index contributed by atoms with van der Waals surface area (Å²) in [6.07, 6.45) is 7.09. The van der Waals surface area contributed by atoms with Crippen LogP contribution in [-0.2, 0) is 4.74 Å². The van der Waals surface area contributed by atoms with E-state index < -0.39 is 0 Å². The topological polar surface area (TPSA) is 41.5 Å². The van der Waals surface area contributed by atoms with Crippen molar-refractivity contribution in [2.24, 2.45) is 0 Å². The van der Waals surface area contributed by atoms with Gasteiger partial charge < -0.3 is 15.2 Å². The molecule has 0 unspecified atom stereocenters. The molecule has 0 saturated heterocycles. The lowest BCUT2D eigenvalue weighted by atomic mass is 9.82. The quantitative estimate of drug-likeness (QED) is 0.635. The third-order valence-electron chi connectivity index (χ3n) is 3.21. The van der Waals surface area contributed by atoms with Gasteiger partial charge in [0.15, 0.2) is 0 Å². The molecule has 0 atom stereocenters. The van der Waals surface area contributed by atoms with E-state index in [0.717, 1.165) is 39.0 Å². The molecule has 3 nitrogen and oxygen atoms in total. The normalized spacial score (nSPS) is 20.4.